The topological polar surface area (TPSA) is 83.3 Å². The van der Waals surface area contributed by atoms with Gasteiger partial charge in [-0.1, -0.05) is 0 Å². The molecule has 6 heteroatoms. The van der Waals surface area contributed by atoms with E-state index in [1.165, 1.54) is 0 Å². The zero-order valence-electron chi connectivity index (χ0n) is 13.0. The molecule has 6 nitrogen and oxygen atoms in total. The Balaban J connectivity index is 2.14. The highest BCUT2D eigenvalue weighted by Gasteiger charge is 2.39. The first-order chi connectivity index (χ1) is 9.98. The van der Waals surface area contributed by atoms with Crippen LogP contribution in [0.5, 0.6) is 0 Å². The fourth-order valence-corrected chi connectivity index (χ4v) is 2.79. The molecule has 0 saturated carbocycles. The minimum absolute atomic E-state index is 0.272. The number of rotatable bonds is 5. The molecule has 0 atom stereocenters. The first-order valence-electron chi connectivity index (χ1n) is 7.44. The summed E-state index contributed by atoms with van der Waals surface area (Å²) < 4.78 is 0. The van der Waals surface area contributed by atoms with Crippen LogP contribution >= 0.6 is 0 Å². The molecule has 1 saturated heterocycles. The molecule has 0 aromatic carbocycles. The fourth-order valence-electron chi connectivity index (χ4n) is 2.79. The minimum Gasteiger partial charge on any atom is -0.380 e. The first kappa shape index (κ1) is 15.6. The molecule has 116 valence electrons. The van der Waals surface area contributed by atoms with Gasteiger partial charge in [0.05, 0.1) is 5.69 Å². The van der Waals surface area contributed by atoms with Crippen LogP contribution in [-0.2, 0) is 4.79 Å². The maximum atomic E-state index is 11.7. The minimum atomic E-state index is -0.586. The highest BCUT2D eigenvalue weighted by Crippen LogP contribution is 2.29. The third-order valence-electron chi connectivity index (χ3n) is 4.10. The molecule has 4 N–H and O–H groups in total. The Kier molecular flexibility index (Phi) is 4.67. The second-order valence-electron chi connectivity index (χ2n) is 5.86. The molecule has 0 spiro atoms. The summed E-state index contributed by atoms with van der Waals surface area (Å²) in [5.41, 5.74) is 5.99. The molecule has 0 radical (unpaired) electrons. The highest BCUT2D eigenvalue weighted by molar-refractivity contribution is 5.85. The number of likely N-dealkylation sites (N-methyl/N-ethyl adjacent to an activating group) is 1. The zero-order valence-corrected chi connectivity index (χ0v) is 13.0. The smallest absolute Gasteiger partial charge is 0.237 e. The number of nitrogens with one attached hydrogen (secondary N) is 2. The second kappa shape index (κ2) is 6.30. The van der Waals surface area contributed by atoms with Crippen molar-refractivity contribution in [1.29, 1.82) is 0 Å². The highest BCUT2D eigenvalue weighted by atomic mass is 16.1. The summed E-state index contributed by atoms with van der Waals surface area (Å²) >= 11 is 0. The van der Waals surface area contributed by atoms with E-state index >= 15 is 0 Å². The van der Waals surface area contributed by atoms with Crippen LogP contribution in [0.25, 0.3) is 0 Å². The van der Waals surface area contributed by atoms with Crippen molar-refractivity contribution in [2.45, 2.75) is 38.3 Å². The molecule has 1 aliphatic heterocycles. The van der Waals surface area contributed by atoms with Gasteiger partial charge in [-0.15, -0.1) is 0 Å². The summed E-state index contributed by atoms with van der Waals surface area (Å²) in [6.07, 6.45) is 3.18. The van der Waals surface area contributed by atoms with Crippen LogP contribution in [0.4, 0.5) is 11.5 Å². The van der Waals surface area contributed by atoms with Crippen molar-refractivity contribution in [1.82, 2.24) is 10.3 Å². The number of aromatic nitrogens is 1. The average molecular weight is 291 g/mol. The number of carbonyl (C=O) groups excluding carboxylic acids is 1. The number of nitrogens with two attached hydrogens (primary N) is 1. The molecule has 0 unspecified atom stereocenters. The van der Waals surface area contributed by atoms with Crippen molar-refractivity contribution < 1.29 is 4.79 Å². The molecule has 1 aromatic heterocycles. The van der Waals surface area contributed by atoms with Crippen LogP contribution < -0.4 is 21.3 Å². The van der Waals surface area contributed by atoms with E-state index in [1.54, 1.807) is 13.2 Å². The third kappa shape index (κ3) is 3.26. The maximum Gasteiger partial charge on any atom is 0.237 e. The van der Waals surface area contributed by atoms with Crippen LogP contribution in [0.15, 0.2) is 18.3 Å². The van der Waals surface area contributed by atoms with E-state index < -0.39 is 5.54 Å². The number of nitrogens with zero attached hydrogens (tertiary/aromatic N) is 2. The summed E-state index contributed by atoms with van der Waals surface area (Å²) in [5.74, 6) is 0.673. The van der Waals surface area contributed by atoms with Gasteiger partial charge in [0, 0.05) is 25.3 Å². The number of piperidine rings is 1. The van der Waals surface area contributed by atoms with Gasteiger partial charge in [-0.2, -0.15) is 0 Å². The Morgan fingerprint density at radius 1 is 1.43 bits per heavy atom. The quantitative estimate of drug-likeness (QED) is 0.752. The fraction of sp³-hybridized carbons (Fsp3) is 0.600. The summed E-state index contributed by atoms with van der Waals surface area (Å²) in [5, 5.41) is 6.52. The Bertz CT molecular complexity index is 495. The monoisotopic (exact) mass is 291 g/mol. The SMILES string of the molecule is CNC1(C(N)=O)CCN(c2ncccc2NC(C)C)CC1. The van der Waals surface area contributed by atoms with Gasteiger partial charge in [0.1, 0.15) is 5.54 Å². The molecule has 2 rings (SSSR count). The van der Waals surface area contributed by atoms with E-state index in [-0.39, 0.29) is 5.91 Å². The zero-order chi connectivity index (χ0) is 15.5. The summed E-state index contributed by atoms with van der Waals surface area (Å²) in [4.78, 5) is 18.4. The lowest BCUT2D eigenvalue weighted by atomic mass is 9.87. The molecule has 1 amide bonds. The molecule has 21 heavy (non-hydrogen) atoms. The van der Waals surface area contributed by atoms with E-state index in [9.17, 15) is 4.79 Å². The largest absolute Gasteiger partial charge is 0.380 e. The first-order valence-corrected chi connectivity index (χ1v) is 7.44. The van der Waals surface area contributed by atoms with Gasteiger partial charge in [0.2, 0.25) is 5.91 Å². The number of carbonyl (C=O) groups is 1. The molecule has 1 aliphatic rings. The molecule has 1 fully saturated rings. The number of primary amides is 1. The summed E-state index contributed by atoms with van der Waals surface area (Å²) in [6, 6.07) is 4.32. The van der Waals surface area contributed by atoms with Crippen LogP contribution in [0.2, 0.25) is 0 Å². The number of anilines is 2. The lowest BCUT2D eigenvalue weighted by Crippen LogP contribution is -2.59. The lowest BCUT2D eigenvalue weighted by molar-refractivity contribution is -0.125. The van der Waals surface area contributed by atoms with Gasteiger partial charge in [0.25, 0.3) is 0 Å². The lowest BCUT2D eigenvalue weighted by Gasteiger charge is -2.40. The Hall–Kier alpha value is -1.82. The standard InChI is InChI=1S/C15H25N5O/c1-11(2)19-12-5-4-8-18-13(12)20-9-6-15(17-3,7-10-20)14(16)21/h4-5,8,11,17,19H,6-7,9-10H2,1-3H3,(H2,16,21). The van der Waals surface area contributed by atoms with Gasteiger partial charge < -0.3 is 21.3 Å². The van der Waals surface area contributed by atoms with E-state index in [0.717, 1.165) is 24.6 Å². The molecule has 2 heterocycles. The second-order valence-corrected chi connectivity index (χ2v) is 5.86. The van der Waals surface area contributed by atoms with E-state index in [1.807, 2.05) is 12.1 Å². The van der Waals surface area contributed by atoms with Gasteiger partial charge in [0.15, 0.2) is 5.82 Å². The normalized spacial score (nSPS) is 17.8. The molecule has 0 bridgehead atoms. The van der Waals surface area contributed by atoms with Crippen LogP contribution in [0.3, 0.4) is 0 Å². The van der Waals surface area contributed by atoms with E-state index in [2.05, 4.69) is 34.4 Å². The number of hydrogen-bond acceptors (Lipinski definition) is 5. The average Bonchev–Trinajstić information content (AvgIpc) is 2.47. The molecular formula is C15H25N5O. The van der Waals surface area contributed by atoms with Crippen molar-refractivity contribution >= 4 is 17.4 Å². The number of amides is 1. The molecule has 0 aliphatic carbocycles. The van der Waals surface area contributed by atoms with E-state index in [4.69, 9.17) is 5.73 Å². The van der Waals surface area contributed by atoms with Crippen LogP contribution in [0.1, 0.15) is 26.7 Å². The molecular weight excluding hydrogens is 266 g/mol. The van der Waals surface area contributed by atoms with Gasteiger partial charge in [-0.3, -0.25) is 4.79 Å². The van der Waals surface area contributed by atoms with Crippen molar-refractivity contribution in [2.75, 3.05) is 30.4 Å². The van der Waals surface area contributed by atoms with Crippen molar-refractivity contribution in [3.63, 3.8) is 0 Å². The van der Waals surface area contributed by atoms with Gasteiger partial charge >= 0.3 is 0 Å². The summed E-state index contributed by atoms with van der Waals surface area (Å²) in [6.45, 7) is 5.72. The maximum absolute atomic E-state index is 11.7. The van der Waals surface area contributed by atoms with Gasteiger partial charge in [-0.05, 0) is 45.9 Å². The Morgan fingerprint density at radius 3 is 2.62 bits per heavy atom. The van der Waals surface area contributed by atoms with Crippen LogP contribution in [0, 0.1) is 0 Å². The Labute approximate surface area is 126 Å². The Morgan fingerprint density at radius 2 is 2.10 bits per heavy atom. The summed E-state index contributed by atoms with van der Waals surface area (Å²) in [7, 11) is 1.80. The predicted octanol–water partition coefficient (Wildman–Crippen LogP) is 0.946. The van der Waals surface area contributed by atoms with E-state index in [0.29, 0.717) is 18.9 Å². The van der Waals surface area contributed by atoms with Gasteiger partial charge in [-0.25, -0.2) is 4.98 Å². The van der Waals surface area contributed by atoms with Crippen molar-refractivity contribution in [2.24, 2.45) is 5.73 Å². The number of pyridine rings is 1. The van der Waals surface area contributed by atoms with Crippen molar-refractivity contribution in [3.8, 4) is 0 Å². The number of hydrogen-bond donors (Lipinski definition) is 3. The third-order valence-corrected chi connectivity index (χ3v) is 4.10. The molecule has 1 aromatic rings. The van der Waals surface area contributed by atoms with Crippen molar-refractivity contribution in [3.05, 3.63) is 18.3 Å². The van der Waals surface area contributed by atoms with Crippen LogP contribution in [-0.4, -0.2) is 42.6 Å². The predicted molar refractivity (Wildman–Crippen MR) is 85.4 cm³/mol.